The van der Waals surface area contributed by atoms with Gasteiger partial charge >= 0.3 is 0 Å². The zero-order chi connectivity index (χ0) is 12.3. The Labute approximate surface area is 104 Å². The highest BCUT2D eigenvalue weighted by atomic mass is 16.3. The summed E-state index contributed by atoms with van der Waals surface area (Å²) < 4.78 is 5.52. The van der Waals surface area contributed by atoms with Crippen LogP contribution in [0, 0.1) is 0 Å². The summed E-state index contributed by atoms with van der Waals surface area (Å²) in [4.78, 5) is 2.55. The molecule has 1 unspecified atom stereocenters. The third-order valence-corrected chi connectivity index (χ3v) is 4.03. The molecule has 2 N–H and O–H groups in total. The Morgan fingerprint density at radius 1 is 1.41 bits per heavy atom. The first-order chi connectivity index (χ1) is 8.22. The molecule has 1 aliphatic carbocycles. The van der Waals surface area contributed by atoms with Crippen molar-refractivity contribution in [3.63, 3.8) is 0 Å². The molecule has 1 atom stereocenters. The molecule has 3 nitrogen and oxygen atoms in total. The summed E-state index contributed by atoms with van der Waals surface area (Å²) in [7, 11) is 0. The van der Waals surface area contributed by atoms with Crippen molar-refractivity contribution in [2.45, 2.75) is 57.7 Å². The topological polar surface area (TPSA) is 42.4 Å². The normalized spacial score (nSPS) is 27.3. The largest absolute Gasteiger partial charge is 0.468 e. The average molecular weight is 236 g/mol. The maximum Gasteiger partial charge on any atom is 0.120 e. The van der Waals surface area contributed by atoms with E-state index in [1.807, 2.05) is 6.07 Å². The van der Waals surface area contributed by atoms with Gasteiger partial charge in [0, 0.05) is 12.1 Å². The molecule has 17 heavy (non-hydrogen) atoms. The van der Waals surface area contributed by atoms with Crippen LogP contribution in [0.4, 0.5) is 0 Å². The number of nitrogens with two attached hydrogens (primary N) is 1. The molecule has 0 radical (unpaired) electrons. The molecule has 0 bridgehead atoms. The maximum absolute atomic E-state index is 5.97. The van der Waals surface area contributed by atoms with Gasteiger partial charge < -0.3 is 10.2 Å². The van der Waals surface area contributed by atoms with Gasteiger partial charge in [0.2, 0.25) is 0 Å². The SMILES string of the molecule is CCN(C1CCC(N)CC1)C(C)c1ccco1. The van der Waals surface area contributed by atoms with Gasteiger partial charge in [-0.2, -0.15) is 0 Å². The van der Waals surface area contributed by atoms with Crippen molar-refractivity contribution in [1.82, 2.24) is 4.90 Å². The summed E-state index contributed by atoms with van der Waals surface area (Å²) >= 11 is 0. The fraction of sp³-hybridized carbons (Fsp3) is 0.714. The van der Waals surface area contributed by atoms with Crippen LogP contribution in [-0.4, -0.2) is 23.5 Å². The molecule has 1 aliphatic rings. The van der Waals surface area contributed by atoms with Crippen molar-refractivity contribution in [3.8, 4) is 0 Å². The highest BCUT2D eigenvalue weighted by molar-refractivity contribution is 5.04. The molecule has 96 valence electrons. The lowest BCUT2D eigenvalue weighted by molar-refractivity contribution is 0.102. The van der Waals surface area contributed by atoms with Crippen LogP contribution in [0.5, 0.6) is 0 Å². The summed E-state index contributed by atoms with van der Waals surface area (Å²) in [5.74, 6) is 1.07. The summed E-state index contributed by atoms with van der Waals surface area (Å²) in [6.07, 6.45) is 6.52. The minimum Gasteiger partial charge on any atom is -0.468 e. The molecule has 2 rings (SSSR count). The Hall–Kier alpha value is -0.800. The molecule has 0 aliphatic heterocycles. The van der Waals surface area contributed by atoms with Gasteiger partial charge in [0.15, 0.2) is 0 Å². The quantitative estimate of drug-likeness (QED) is 0.874. The van der Waals surface area contributed by atoms with E-state index in [2.05, 4.69) is 24.8 Å². The van der Waals surface area contributed by atoms with Gasteiger partial charge in [-0.1, -0.05) is 6.92 Å². The third-order valence-electron chi connectivity index (χ3n) is 4.03. The first-order valence-electron chi connectivity index (χ1n) is 6.77. The van der Waals surface area contributed by atoms with Crippen LogP contribution in [0.2, 0.25) is 0 Å². The van der Waals surface area contributed by atoms with E-state index in [1.54, 1.807) is 6.26 Å². The van der Waals surface area contributed by atoms with Crippen molar-refractivity contribution in [2.75, 3.05) is 6.54 Å². The lowest BCUT2D eigenvalue weighted by atomic mass is 9.90. The molecule has 1 saturated carbocycles. The number of hydrogen-bond acceptors (Lipinski definition) is 3. The predicted octanol–water partition coefficient (Wildman–Crippen LogP) is 2.93. The second-order valence-electron chi connectivity index (χ2n) is 5.09. The summed E-state index contributed by atoms with van der Waals surface area (Å²) in [5.41, 5.74) is 5.97. The van der Waals surface area contributed by atoms with Crippen molar-refractivity contribution in [3.05, 3.63) is 24.2 Å². The van der Waals surface area contributed by atoms with Crippen LogP contribution in [-0.2, 0) is 0 Å². The molecule has 0 aromatic carbocycles. The molecular weight excluding hydrogens is 212 g/mol. The van der Waals surface area contributed by atoms with Crippen LogP contribution >= 0.6 is 0 Å². The fourth-order valence-electron chi connectivity index (χ4n) is 2.97. The molecule has 0 amide bonds. The van der Waals surface area contributed by atoms with Crippen molar-refractivity contribution >= 4 is 0 Å². The lowest BCUT2D eigenvalue weighted by Crippen LogP contribution is -2.42. The van der Waals surface area contributed by atoms with Gasteiger partial charge in [-0.05, 0) is 51.3 Å². The summed E-state index contributed by atoms with van der Waals surface area (Å²) in [5, 5.41) is 0. The van der Waals surface area contributed by atoms with Crippen molar-refractivity contribution < 1.29 is 4.42 Å². The van der Waals surface area contributed by atoms with E-state index in [-0.39, 0.29) is 0 Å². The van der Waals surface area contributed by atoms with Gasteiger partial charge in [0.25, 0.3) is 0 Å². The van der Waals surface area contributed by atoms with E-state index in [0.717, 1.165) is 25.1 Å². The zero-order valence-electron chi connectivity index (χ0n) is 10.9. The second kappa shape index (κ2) is 5.69. The van der Waals surface area contributed by atoms with E-state index >= 15 is 0 Å². The number of furan rings is 1. The fourth-order valence-corrected chi connectivity index (χ4v) is 2.97. The number of nitrogens with zero attached hydrogens (tertiary/aromatic N) is 1. The number of rotatable bonds is 4. The Morgan fingerprint density at radius 3 is 2.65 bits per heavy atom. The van der Waals surface area contributed by atoms with Crippen molar-refractivity contribution in [1.29, 1.82) is 0 Å². The van der Waals surface area contributed by atoms with Crippen LogP contribution in [0.1, 0.15) is 51.3 Å². The standard InChI is InChI=1S/C14H24N2O/c1-3-16(11(2)14-5-4-10-17-14)13-8-6-12(15)7-9-13/h4-5,10-13H,3,6-9,15H2,1-2H3. The lowest BCUT2D eigenvalue weighted by Gasteiger charge is -2.38. The molecule has 3 heteroatoms. The average Bonchev–Trinajstić information content (AvgIpc) is 2.86. The predicted molar refractivity (Wildman–Crippen MR) is 69.7 cm³/mol. The minimum absolute atomic E-state index is 0.370. The molecule has 0 spiro atoms. The van der Waals surface area contributed by atoms with E-state index in [1.165, 1.54) is 12.8 Å². The second-order valence-corrected chi connectivity index (χ2v) is 5.09. The van der Waals surface area contributed by atoms with Gasteiger partial charge in [-0.3, -0.25) is 4.90 Å². The Bertz CT molecular complexity index is 315. The summed E-state index contributed by atoms with van der Waals surface area (Å²) in [6.45, 7) is 5.53. The van der Waals surface area contributed by atoms with E-state index in [4.69, 9.17) is 10.2 Å². The molecule has 1 fully saturated rings. The third kappa shape index (κ3) is 2.90. The van der Waals surface area contributed by atoms with E-state index in [9.17, 15) is 0 Å². The maximum atomic E-state index is 5.97. The van der Waals surface area contributed by atoms with Crippen LogP contribution in [0.3, 0.4) is 0 Å². The Morgan fingerprint density at radius 2 is 2.12 bits per heavy atom. The smallest absolute Gasteiger partial charge is 0.120 e. The van der Waals surface area contributed by atoms with Crippen LogP contribution in [0.15, 0.2) is 22.8 Å². The molecule has 1 aromatic heterocycles. The van der Waals surface area contributed by atoms with Gasteiger partial charge in [-0.15, -0.1) is 0 Å². The van der Waals surface area contributed by atoms with Crippen LogP contribution in [0.25, 0.3) is 0 Å². The molecule has 1 aromatic rings. The molecular formula is C14H24N2O. The zero-order valence-corrected chi connectivity index (χ0v) is 10.9. The monoisotopic (exact) mass is 236 g/mol. The highest BCUT2D eigenvalue weighted by Crippen LogP contribution is 2.29. The highest BCUT2D eigenvalue weighted by Gasteiger charge is 2.27. The Kier molecular flexibility index (Phi) is 4.24. The number of hydrogen-bond donors (Lipinski definition) is 1. The van der Waals surface area contributed by atoms with Gasteiger partial charge in [-0.25, -0.2) is 0 Å². The van der Waals surface area contributed by atoms with E-state index < -0.39 is 0 Å². The first kappa shape index (κ1) is 12.7. The molecule has 1 heterocycles. The van der Waals surface area contributed by atoms with E-state index in [0.29, 0.717) is 18.1 Å². The Balaban J connectivity index is 2.01. The minimum atomic E-state index is 0.370. The van der Waals surface area contributed by atoms with Crippen LogP contribution < -0.4 is 5.73 Å². The summed E-state index contributed by atoms with van der Waals surface area (Å²) in [6, 6.07) is 5.50. The molecule has 0 saturated heterocycles. The van der Waals surface area contributed by atoms with Crippen molar-refractivity contribution in [2.24, 2.45) is 5.73 Å². The van der Waals surface area contributed by atoms with Gasteiger partial charge in [0.05, 0.1) is 12.3 Å². The van der Waals surface area contributed by atoms with Gasteiger partial charge in [0.1, 0.15) is 5.76 Å². The first-order valence-corrected chi connectivity index (χ1v) is 6.77.